The van der Waals surface area contributed by atoms with Gasteiger partial charge in [-0.3, -0.25) is 4.98 Å². The van der Waals surface area contributed by atoms with Gasteiger partial charge in [-0.15, -0.1) is 0 Å². The van der Waals surface area contributed by atoms with Crippen LogP contribution in [0.5, 0.6) is 11.5 Å². The molecule has 25 heavy (non-hydrogen) atoms. The molecule has 0 aliphatic rings. The highest BCUT2D eigenvalue weighted by atomic mass is 16.5. The molecule has 2 heterocycles. The molecule has 0 atom stereocenters. The lowest BCUT2D eigenvalue weighted by Crippen LogP contribution is -2.14. The van der Waals surface area contributed by atoms with Gasteiger partial charge in [0.25, 0.3) is 0 Å². The van der Waals surface area contributed by atoms with E-state index in [0.717, 1.165) is 0 Å². The number of hydrogen-bond acceptors (Lipinski definition) is 5. The van der Waals surface area contributed by atoms with Gasteiger partial charge in [-0.1, -0.05) is 12.1 Å². The fraction of sp³-hybridized carbons (Fsp3) is 0.0556. The number of methoxy groups -OCH3 is 1. The standard InChI is InChI=1S/C18H14N4O3/c1-25-14-7-5-12(6-8-14)22-17-16(21-18(22)24)20-15(10-19-17)11-3-2-4-13(23)9-11/h2-10,23H,1H3,(H,20,21,24). The van der Waals surface area contributed by atoms with E-state index in [9.17, 15) is 9.90 Å². The molecule has 0 spiro atoms. The lowest BCUT2D eigenvalue weighted by molar-refractivity contribution is 0.414. The van der Waals surface area contributed by atoms with Gasteiger partial charge in [-0.25, -0.2) is 19.3 Å². The molecule has 7 heteroatoms. The maximum absolute atomic E-state index is 12.4. The first kappa shape index (κ1) is 14.9. The van der Waals surface area contributed by atoms with Crippen molar-refractivity contribution in [1.29, 1.82) is 0 Å². The Hall–Kier alpha value is -3.61. The van der Waals surface area contributed by atoms with E-state index in [1.165, 1.54) is 4.57 Å². The van der Waals surface area contributed by atoms with E-state index in [1.807, 2.05) is 6.07 Å². The number of hydrogen-bond donors (Lipinski definition) is 2. The Morgan fingerprint density at radius 2 is 1.96 bits per heavy atom. The van der Waals surface area contributed by atoms with E-state index in [4.69, 9.17) is 4.74 Å². The summed E-state index contributed by atoms with van der Waals surface area (Å²) in [5, 5.41) is 9.61. The SMILES string of the molecule is COc1ccc(-n2c(=O)[nH]c3nc(-c4cccc(O)c4)cnc32)cc1. The predicted molar refractivity (Wildman–Crippen MR) is 93.1 cm³/mol. The van der Waals surface area contributed by atoms with E-state index in [-0.39, 0.29) is 11.4 Å². The number of aromatic hydroxyl groups is 1. The number of nitrogens with zero attached hydrogens (tertiary/aromatic N) is 3. The summed E-state index contributed by atoms with van der Waals surface area (Å²) >= 11 is 0. The van der Waals surface area contributed by atoms with Crippen LogP contribution in [0.25, 0.3) is 28.2 Å². The van der Waals surface area contributed by atoms with Crippen LogP contribution in [-0.4, -0.2) is 31.7 Å². The fourth-order valence-corrected chi connectivity index (χ4v) is 2.66. The molecule has 2 N–H and O–H groups in total. The topological polar surface area (TPSA) is 93.0 Å². The first-order valence-electron chi connectivity index (χ1n) is 7.57. The van der Waals surface area contributed by atoms with Crippen LogP contribution in [0, 0.1) is 0 Å². The van der Waals surface area contributed by atoms with Crippen molar-refractivity contribution in [3.63, 3.8) is 0 Å². The normalized spacial score (nSPS) is 10.9. The fourth-order valence-electron chi connectivity index (χ4n) is 2.66. The zero-order chi connectivity index (χ0) is 17.4. The summed E-state index contributed by atoms with van der Waals surface area (Å²) in [5.41, 5.74) is 2.42. The van der Waals surface area contributed by atoms with Gasteiger partial charge in [-0.2, -0.15) is 0 Å². The number of phenolic OH excluding ortho intramolecular Hbond substituents is 1. The van der Waals surface area contributed by atoms with Crippen molar-refractivity contribution < 1.29 is 9.84 Å². The smallest absolute Gasteiger partial charge is 0.333 e. The van der Waals surface area contributed by atoms with Crippen molar-refractivity contribution in [2.45, 2.75) is 0 Å². The summed E-state index contributed by atoms with van der Waals surface area (Å²) in [6.07, 6.45) is 1.57. The number of ether oxygens (including phenoxy) is 1. The monoisotopic (exact) mass is 334 g/mol. The maximum Gasteiger partial charge on any atom is 0.333 e. The van der Waals surface area contributed by atoms with Gasteiger partial charge in [0.15, 0.2) is 11.3 Å². The Balaban J connectivity index is 1.84. The molecule has 0 saturated carbocycles. The van der Waals surface area contributed by atoms with Crippen molar-refractivity contribution in [2.24, 2.45) is 0 Å². The third-order valence-electron chi connectivity index (χ3n) is 3.87. The molecule has 0 radical (unpaired) electrons. The Kier molecular flexibility index (Phi) is 3.46. The van der Waals surface area contributed by atoms with Crippen LogP contribution in [0.3, 0.4) is 0 Å². The maximum atomic E-state index is 12.4. The lowest BCUT2D eigenvalue weighted by atomic mass is 10.1. The highest BCUT2D eigenvalue weighted by Crippen LogP contribution is 2.23. The molecule has 0 amide bonds. The van der Waals surface area contributed by atoms with Gasteiger partial charge in [0, 0.05) is 5.56 Å². The van der Waals surface area contributed by atoms with Crippen LogP contribution < -0.4 is 10.4 Å². The van der Waals surface area contributed by atoms with Crippen molar-refractivity contribution in [3.05, 3.63) is 65.2 Å². The second-order valence-electron chi connectivity index (χ2n) is 5.44. The molecule has 124 valence electrons. The molecular formula is C18H14N4O3. The number of nitrogens with one attached hydrogen (secondary N) is 1. The number of rotatable bonds is 3. The predicted octanol–water partition coefficient (Wildman–Crippen LogP) is 2.49. The summed E-state index contributed by atoms with van der Waals surface area (Å²) in [4.78, 5) is 23.9. The lowest BCUT2D eigenvalue weighted by Gasteiger charge is -2.05. The molecular weight excluding hydrogens is 320 g/mol. The van der Waals surface area contributed by atoms with E-state index in [0.29, 0.717) is 34.0 Å². The van der Waals surface area contributed by atoms with Crippen LogP contribution >= 0.6 is 0 Å². The van der Waals surface area contributed by atoms with Crippen molar-refractivity contribution in [2.75, 3.05) is 7.11 Å². The van der Waals surface area contributed by atoms with Crippen molar-refractivity contribution >= 4 is 11.3 Å². The molecule has 0 saturated heterocycles. The van der Waals surface area contributed by atoms with E-state index < -0.39 is 0 Å². The Morgan fingerprint density at radius 3 is 2.68 bits per heavy atom. The molecule has 0 fully saturated rings. The first-order valence-corrected chi connectivity index (χ1v) is 7.57. The van der Waals surface area contributed by atoms with Gasteiger partial charge < -0.3 is 9.84 Å². The summed E-state index contributed by atoms with van der Waals surface area (Å²) in [5.74, 6) is 0.845. The zero-order valence-electron chi connectivity index (χ0n) is 13.3. The van der Waals surface area contributed by atoms with Crippen molar-refractivity contribution in [3.8, 4) is 28.4 Å². The van der Waals surface area contributed by atoms with E-state index in [2.05, 4.69) is 15.0 Å². The molecule has 0 aliphatic heterocycles. The average Bonchev–Trinajstić information content (AvgIpc) is 2.96. The Labute approximate surface area is 142 Å². The second kappa shape index (κ2) is 5.79. The molecule has 0 aliphatic carbocycles. The van der Waals surface area contributed by atoms with E-state index in [1.54, 1.807) is 55.8 Å². The van der Waals surface area contributed by atoms with Crippen LogP contribution in [0.4, 0.5) is 0 Å². The van der Waals surface area contributed by atoms with Crippen molar-refractivity contribution in [1.82, 2.24) is 19.5 Å². The zero-order valence-corrected chi connectivity index (χ0v) is 13.3. The van der Waals surface area contributed by atoms with Crippen LogP contribution in [-0.2, 0) is 0 Å². The summed E-state index contributed by atoms with van der Waals surface area (Å²) in [7, 11) is 1.58. The third kappa shape index (κ3) is 2.61. The summed E-state index contributed by atoms with van der Waals surface area (Å²) < 4.78 is 6.59. The second-order valence-corrected chi connectivity index (χ2v) is 5.44. The Bertz CT molecular complexity index is 1110. The molecule has 0 bridgehead atoms. The quantitative estimate of drug-likeness (QED) is 0.600. The van der Waals surface area contributed by atoms with Crippen LogP contribution in [0.15, 0.2) is 59.5 Å². The van der Waals surface area contributed by atoms with Gasteiger partial charge in [0.2, 0.25) is 0 Å². The number of imidazole rings is 1. The van der Waals surface area contributed by atoms with Crippen LogP contribution in [0.2, 0.25) is 0 Å². The molecule has 2 aromatic carbocycles. The van der Waals surface area contributed by atoms with Gasteiger partial charge in [-0.05, 0) is 36.4 Å². The minimum Gasteiger partial charge on any atom is -0.508 e. The third-order valence-corrected chi connectivity index (χ3v) is 3.87. The summed E-state index contributed by atoms with van der Waals surface area (Å²) in [6.45, 7) is 0. The highest BCUT2D eigenvalue weighted by molar-refractivity contribution is 5.73. The van der Waals surface area contributed by atoms with Crippen LogP contribution in [0.1, 0.15) is 0 Å². The number of H-pyrrole nitrogens is 1. The minimum absolute atomic E-state index is 0.142. The number of fused-ring (bicyclic) bond motifs is 1. The number of phenols is 1. The molecule has 2 aromatic heterocycles. The largest absolute Gasteiger partial charge is 0.508 e. The average molecular weight is 334 g/mol. The van der Waals surface area contributed by atoms with Gasteiger partial charge in [0.1, 0.15) is 11.5 Å². The highest BCUT2D eigenvalue weighted by Gasteiger charge is 2.13. The molecule has 7 nitrogen and oxygen atoms in total. The van der Waals surface area contributed by atoms with Gasteiger partial charge in [0.05, 0.1) is 24.7 Å². The molecule has 4 rings (SSSR count). The van der Waals surface area contributed by atoms with E-state index >= 15 is 0 Å². The van der Waals surface area contributed by atoms with Gasteiger partial charge >= 0.3 is 5.69 Å². The number of benzene rings is 2. The first-order chi connectivity index (χ1) is 12.2. The Morgan fingerprint density at radius 1 is 1.16 bits per heavy atom. The minimum atomic E-state index is -0.326. The molecule has 4 aromatic rings. The summed E-state index contributed by atoms with van der Waals surface area (Å²) in [6, 6.07) is 13.8. The number of aromatic nitrogens is 4. The number of aromatic amines is 1. The molecule has 0 unspecified atom stereocenters.